The van der Waals surface area contributed by atoms with Gasteiger partial charge in [0.15, 0.2) is 0 Å². The number of aliphatic hydroxyl groups is 1. The summed E-state index contributed by atoms with van der Waals surface area (Å²) in [4.78, 5) is 5.08. The van der Waals surface area contributed by atoms with Crippen LogP contribution < -0.4 is 5.32 Å². The van der Waals surface area contributed by atoms with Gasteiger partial charge in [-0.05, 0) is 18.1 Å². The van der Waals surface area contributed by atoms with E-state index in [1.165, 1.54) is 11.1 Å². The first-order valence-corrected chi connectivity index (χ1v) is 9.72. The number of rotatable bonds is 5. The first-order chi connectivity index (χ1) is 12.7. The molecule has 2 heterocycles. The van der Waals surface area contributed by atoms with Gasteiger partial charge < -0.3 is 10.4 Å². The average Bonchev–Trinajstić information content (AvgIpc) is 2.65. The summed E-state index contributed by atoms with van der Waals surface area (Å²) < 4.78 is 0. The molecule has 0 saturated carbocycles. The highest BCUT2D eigenvalue weighted by Crippen LogP contribution is 2.34. The van der Waals surface area contributed by atoms with E-state index in [2.05, 4.69) is 75.8 Å². The summed E-state index contributed by atoms with van der Waals surface area (Å²) in [6.45, 7) is 6.94. The standard InChI is InChI=1S/C22H29N3O/c1-17(26)21-14-23-12-13-25(21)20-15-24(16-20)22(18-8-4-2-5-9-18)19-10-6-3-7-11-19/h2-11,17,20-23,26H,12-16H2,1H3. The molecule has 0 aromatic heterocycles. The zero-order chi connectivity index (χ0) is 17.9. The van der Waals surface area contributed by atoms with Crippen LogP contribution in [0.15, 0.2) is 60.7 Å². The highest BCUT2D eigenvalue weighted by atomic mass is 16.3. The Labute approximate surface area is 156 Å². The van der Waals surface area contributed by atoms with Gasteiger partial charge >= 0.3 is 0 Å². The summed E-state index contributed by atoms with van der Waals surface area (Å²) in [5, 5.41) is 13.6. The highest BCUT2D eigenvalue weighted by Gasteiger charge is 2.41. The molecule has 26 heavy (non-hydrogen) atoms. The van der Waals surface area contributed by atoms with Crippen molar-refractivity contribution in [3.05, 3.63) is 71.8 Å². The molecule has 2 fully saturated rings. The Morgan fingerprint density at radius 2 is 1.54 bits per heavy atom. The second kappa shape index (κ2) is 7.89. The van der Waals surface area contributed by atoms with Crippen molar-refractivity contribution < 1.29 is 5.11 Å². The van der Waals surface area contributed by atoms with Crippen molar-refractivity contribution in [1.82, 2.24) is 15.1 Å². The van der Waals surface area contributed by atoms with E-state index in [0.29, 0.717) is 12.1 Å². The van der Waals surface area contributed by atoms with Crippen molar-refractivity contribution in [2.45, 2.75) is 31.2 Å². The summed E-state index contributed by atoms with van der Waals surface area (Å²) >= 11 is 0. The number of piperazine rings is 1. The van der Waals surface area contributed by atoms with E-state index < -0.39 is 0 Å². The molecule has 2 aromatic carbocycles. The normalized spacial score (nSPS) is 23.7. The zero-order valence-electron chi connectivity index (χ0n) is 15.5. The quantitative estimate of drug-likeness (QED) is 0.865. The highest BCUT2D eigenvalue weighted by molar-refractivity contribution is 5.32. The van der Waals surface area contributed by atoms with Crippen LogP contribution in [0.4, 0.5) is 0 Å². The Hall–Kier alpha value is -1.72. The maximum absolute atomic E-state index is 10.2. The molecule has 0 spiro atoms. The van der Waals surface area contributed by atoms with Crippen molar-refractivity contribution >= 4 is 0 Å². The lowest BCUT2D eigenvalue weighted by Gasteiger charge is -2.53. The Morgan fingerprint density at radius 3 is 2.08 bits per heavy atom. The zero-order valence-corrected chi connectivity index (χ0v) is 15.5. The molecule has 0 radical (unpaired) electrons. The topological polar surface area (TPSA) is 38.7 Å². The lowest BCUT2D eigenvalue weighted by Crippen LogP contribution is -2.68. The van der Waals surface area contributed by atoms with E-state index in [-0.39, 0.29) is 12.1 Å². The number of hydrogen-bond donors (Lipinski definition) is 2. The van der Waals surface area contributed by atoms with E-state index in [4.69, 9.17) is 0 Å². The van der Waals surface area contributed by atoms with Gasteiger partial charge in [0.25, 0.3) is 0 Å². The molecule has 138 valence electrons. The van der Waals surface area contributed by atoms with Crippen molar-refractivity contribution in [3.63, 3.8) is 0 Å². The molecule has 2 atom stereocenters. The van der Waals surface area contributed by atoms with Gasteiger partial charge in [-0.1, -0.05) is 60.7 Å². The van der Waals surface area contributed by atoms with Crippen LogP contribution in [0.3, 0.4) is 0 Å². The number of hydrogen-bond acceptors (Lipinski definition) is 4. The maximum Gasteiger partial charge on any atom is 0.0679 e. The second-order valence-corrected chi connectivity index (χ2v) is 7.58. The summed E-state index contributed by atoms with van der Waals surface area (Å²) in [7, 11) is 0. The summed E-state index contributed by atoms with van der Waals surface area (Å²) in [5.41, 5.74) is 2.70. The third-order valence-corrected chi connectivity index (χ3v) is 5.84. The fraction of sp³-hybridized carbons (Fsp3) is 0.455. The smallest absolute Gasteiger partial charge is 0.0679 e. The van der Waals surface area contributed by atoms with Crippen molar-refractivity contribution in [3.8, 4) is 0 Å². The van der Waals surface area contributed by atoms with Crippen LogP contribution in [0.1, 0.15) is 24.1 Å². The van der Waals surface area contributed by atoms with E-state index in [0.717, 1.165) is 32.7 Å². The molecule has 4 rings (SSSR count). The minimum Gasteiger partial charge on any atom is -0.392 e. The van der Waals surface area contributed by atoms with Crippen LogP contribution in [-0.2, 0) is 0 Å². The van der Waals surface area contributed by atoms with Crippen LogP contribution in [0.2, 0.25) is 0 Å². The Bertz CT molecular complexity index is 646. The predicted octanol–water partition coefficient (Wildman–Crippen LogP) is 2.11. The van der Waals surface area contributed by atoms with Crippen molar-refractivity contribution in [2.75, 3.05) is 32.7 Å². The molecule has 2 unspecified atom stereocenters. The molecule has 0 aliphatic carbocycles. The molecule has 2 N–H and O–H groups in total. The minimum absolute atomic E-state index is 0.225. The summed E-state index contributed by atoms with van der Waals surface area (Å²) in [5.74, 6) is 0. The number of aliphatic hydroxyl groups excluding tert-OH is 1. The van der Waals surface area contributed by atoms with E-state index in [9.17, 15) is 5.11 Å². The van der Waals surface area contributed by atoms with E-state index in [1.54, 1.807) is 0 Å². The van der Waals surface area contributed by atoms with Gasteiger partial charge in [-0.25, -0.2) is 0 Å². The van der Waals surface area contributed by atoms with Crippen molar-refractivity contribution in [2.24, 2.45) is 0 Å². The SMILES string of the molecule is CC(O)C1CNCCN1C1CN(C(c2ccccc2)c2ccccc2)C1. The van der Waals surface area contributed by atoms with Gasteiger partial charge in [-0.3, -0.25) is 9.80 Å². The molecule has 4 nitrogen and oxygen atoms in total. The first-order valence-electron chi connectivity index (χ1n) is 9.72. The first kappa shape index (κ1) is 17.7. The third-order valence-electron chi connectivity index (χ3n) is 5.84. The van der Waals surface area contributed by atoms with E-state index >= 15 is 0 Å². The van der Waals surface area contributed by atoms with Crippen LogP contribution in [-0.4, -0.2) is 65.8 Å². The molecule has 0 amide bonds. The molecule has 4 heteroatoms. The third kappa shape index (κ3) is 3.55. The van der Waals surface area contributed by atoms with Gasteiger partial charge in [0.2, 0.25) is 0 Å². The van der Waals surface area contributed by atoms with Gasteiger partial charge in [0, 0.05) is 44.8 Å². The molecular formula is C22H29N3O. The molecule has 2 saturated heterocycles. The van der Waals surface area contributed by atoms with Crippen molar-refractivity contribution in [1.29, 1.82) is 0 Å². The predicted molar refractivity (Wildman–Crippen MR) is 105 cm³/mol. The monoisotopic (exact) mass is 351 g/mol. The Morgan fingerprint density at radius 1 is 0.962 bits per heavy atom. The Balaban J connectivity index is 1.51. The molecular weight excluding hydrogens is 322 g/mol. The maximum atomic E-state index is 10.2. The fourth-order valence-electron chi connectivity index (χ4n) is 4.44. The number of benzene rings is 2. The lowest BCUT2D eigenvalue weighted by atomic mass is 9.91. The van der Waals surface area contributed by atoms with Gasteiger partial charge in [0.05, 0.1) is 12.1 Å². The van der Waals surface area contributed by atoms with Crippen LogP contribution in [0, 0.1) is 0 Å². The van der Waals surface area contributed by atoms with Crippen LogP contribution in [0.25, 0.3) is 0 Å². The fourth-order valence-corrected chi connectivity index (χ4v) is 4.44. The average molecular weight is 351 g/mol. The number of nitrogens with zero attached hydrogens (tertiary/aromatic N) is 2. The van der Waals surface area contributed by atoms with E-state index in [1.807, 2.05) is 6.92 Å². The van der Waals surface area contributed by atoms with Crippen LogP contribution in [0.5, 0.6) is 0 Å². The van der Waals surface area contributed by atoms with Crippen LogP contribution >= 0.6 is 0 Å². The number of likely N-dealkylation sites (tertiary alicyclic amines) is 1. The summed E-state index contributed by atoms with van der Waals surface area (Å²) in [6, 6.07) is 22.7. The minimum atomic E-state index is -0.295. The molecule has 0 bridgehead atoms. The molecule has 2 aliphatic rings. The van der Waals surface area contributed by atoms with Gasteiger partial charge in [-0.2, -0.15) is 0 Å². The lowest BCUT2D eigenvalue weighted by molar-refractivity contribution is -0.0478. The summed E-state index contributed by atoms with van der Waals surface area (Å²) in [6.07, 6.45) is -0.295. The molecule has 2 aliphatic heterocycles. The second-order valence-electron chi connectivity index (χ2n) is 7.58. The van der Waals surface area contributed by atoms with Gasteiger partial charge in [0.1, 0.15) is 0 Å². The number of nitrogens with one attached hydrogen (secondary N) is 1. The van der Waals surface area contributed by atoms with Gasteiger partial charge in [-0.15, -0.1) is 0 Å². The largest absolute Gasteiger partial charge is 0.392 e. The Kier molecular flexibility index (Phi) is 5.36. The molecule has 2 aromatic rings.